The lowest BCUT2D eigenvalue weighted by Crippen LogP contribution is -2.35. The number of carbonyl (C=O) groups is 2. The molecule has 2 aromatic rings. The second kappa shape index (κ2) is 9.10. The predicted octanol–water partition coefficient (Wildman–Crippen LogP) is 3.84. The monoisotopic (exact) mass is 462 g/mol. The van der Waals surface area contributed by atoms with Crippen molar-refractivity contribution in [2.24, 2.45) is 0 Å². The Morgan fingerprint density at radius 1 is 1.06 bits per heavy atom. The molecule has 1 aromatic heterocycles. The fourth-order valence-electron chi connectivity index (χ4n) is 4.20. The molecule has 1 saturated heterocycles. The molecule has 1 N–H and O–H groups in total. The van der Waals surface area contributed by atoms with Crippen LogP contribution in [0.25, 0.3) is 0 Å². The molecule has 0 bridgehead atoms. The quantitative estimate of drug-likeness (QED) is 0.682. The van der Waals surface area contributed by atoms with Crippen molar-refractivity contribution in [1.29, 1.82) is 0 Å². The Bertz CT molecular complexity index is 1100. The van der Waals surface area contributed by atoms with Crippen molar-refractivity contribution >= 4 is 38.2 Å². The van der Waals surface area contributed by atoms with Crippen LogP contribution in [0.2, 0.25) is 0 Å². The van der Waals surface area contributed by atoms with Crippen molar-refractivity contribution in [3.8, 4) is 0 Å². The number of hydrogen-bond donors (Lipinski definition) is 1. The zero-order chi connectivity index (χ0) is 22.0. The van der Waals surface area contributed by atoms with Crippen LogP contribution in [0.3, 0.4) is 0 Å². The van der Waals surface area contributed by atoms with E-state index in [4.69, 9.17) is 4.74 Å². The molecule has 166 valence electrons. The lowest BCUT2D eigenvalue weighted by molar-refractivity contribution is 0.0601. The normalized spacial score (nSPS) is 17.1. The highest BCUT2D eigenvalue weighted by atomic mass is 32.2. The summed E-state index contributed by atoms with van der Waals surface area (Å²) in [7, 11) is -2.31. The third-order valence-electron chi connectivity index (χ3n) is 5.84. The molecule has 2 heterocycles. The van der Waals surface area contributed by atoms with Crippen molar-refractivity contribution < 1.29 is 22.7 Å². The Morgan fingerprint density at radius 2 is 1.81 bits per heavy atom. The highest BCUT2D eigenvalue weighted by Crippen LogP contribution is 2.38. The third kappa shape index (κ3) is 4.40. The number of aryl methyl sites for hydroxylation is 1. The molecule has 1 aromatic carbocycles. The minimum Gasteiger partial charge on any atom is -0.465 e. The van der Waals surface area contributed by atoms with Gasteiger partial charge in [0.2, 0.25) is 10.0 Å². The molecule has 0 unspecified atom stereocenters. The fraction of sp³-hybridized carbons (Fsp3) is 0.455. The van der Waals surface area contributed by atoms with Crippen molar-refractivity contribution in [1.82, 2.24) is 4.31 Å². The van der Waals surface area contributed by atoms with Crippen LogP contribution in [0.5, 0.6) is 0 Å². The first-order valence-electron chi connectivity index (χ1n) is 10.6. The number of esters is 1. The summed E-state index contributed by atoms with van der Waals surface area (Å²) in [6, 6.07) is 6.08. The number of rotatable bonds is 5. The topological polar surface area (TPSA) is 92.8 Å². The molecule has 4 rings (SSSR count). The van der Waals surface area contributed by atoms with Crippen LogP contribution >= 0.6 is 11.3 Å². The standard InChI is InChI=1S/C22H26N2O5S2/c1-29-22(26)19-17-10-3-4-11-18(17)30-21(19)23-20(25)15-8-7-9-16(14-15)31(27,28)24-12-5-2-6-13-24/h7-9,14H,2-6,10-13H2,1H3,(H,23,25). The average molecular weight is 463 g/mol. The molecule has 2 aliphatic rings. The Morgan fingerprint density at radius 3 is 2.55 bits per heavy atom. The fourth-order valence-corrected chi connectivity index (χ4v) is 7.04. The number of amides is 1. The van der Waals surface area contributed by atoms with Gasteiger partial charge < -0.3 is 10.1 Å². The first-order chi connectivity index (χ1) is 14.9. The second-order valence-electron chi connectivity index (χ2n) is 7.85. The van der Waals surface area contributed by atoms with E-state index >= 15 is 0 Å². The van der Waals surface area contributed by atoms with Crippen molar-refractivity contribution in [3.05, 3.63) is 45.8 Å². The summed E-state index contributed by atoms with van der Waals surface area (Å²) in [4.78, 5) is 26.6. The maximum absolute atomic E-state index is 13.0. The SMILES string of the molecule is COC(=O)c1c(NC(=O)c2cccc(S(=O)(=O)N3CCCCC3)c2)sc2c1CCCC2. The average Bonchev–Trinajstić information content (AvgIpc) is 3.17. The summed E-state index contributed by atoms with van der Waals surface area (Å²) in [6.07, 6.45) is 6.44. The van der Waals surface area contributed by atoms with Gasteiger partial charge in [-0.3, -0.25) is 4.79 Å². The second-order valence-corrected chi connectivity index (χ2v) is 10.9. The maximum Gasteiger partial charge on any atom is 0.341 e. The van der Waals surface area contributed by atoms with Crippen LogP contribution in [-0.4, -0.2) is 44.8 Å². The van der Waals surface area contributed by atoms with Crippen molar-refractivity contribution in [2.45, 2.75) is 49.8 Å². The summed E-state index contributed by atoms with van der Waals surface area (Å²) < 4.78 is 32.4. The summed E-state index contributed by atoms with van der Waals surface area (Å²) in [5, 5.41) is 3.29. The lowest BCUT2D eigenvalue weighted by Gasteiger charge is -2.26. The number of hydrogen-bond acceptors (Lipinski definition) is 6. The van der Waals surface area contributed by atoms with Gasteiger partial charge in [-0.1, -0.05) is 12.5 Å². The smallest absolute Gasteiger partial charge is 0.341 e. The van der Waals surface area contributed by atoms with Gasteiger partial charge in [0.05, 0.1) is 17.6 Å². The maximum atomic E-state index is 13.0. The molecule has 1 amide bonds. The summed E-state index contributed by atoms with van der Waals surface area (Å²) in [6.45, 7) is 1.00. The zero-order valence-electron chi connectivity index (χ0n) is 17.5. The van der Waals surface area contributed by atoms with Gasteiger partial charge in [-0.2, -0.15) is 4.31 Å². The zero-order valence-corrected chi connectivity index (χ0v) is 19.1. The number of benzene rings is 1. The van der Waals surface area contributed by atoms with Gasteiger partial charge in [-0.25, -0.2) is 13.2 Å². The number of anilines is 1. The minimum absolute atomic E-state index is 0.112. The van der Waals surface area contributed by atoms with Crippen LogP contribution in [0.4, 0.5) is 5.00 Å². The number of carbonyl (C=O) groups excluding carboxylic acids is 2. The number of nitrogens with one attached hydrogen (secondary N) is 1. The van der Waals surface area contributed by atoms with Gasteiger partial charge in [0, 0.05) is 23.5 Å². The molecule has 0 spiro atoms. The van der Waals surface area contributed by atoms with Gasteiger partial charge in [0.1, 0.15) is 5.00 Å². The van der Waals surface area contributed by atoms with E-state index in [-0.39, 0.29) is 10.5 Å². The summed E-state index contributed by atoms with van der Waals surface area (Å²) >= 11 is 1.40. The number of methoxy groups -OCH3 is 1. The Hall–Kier alpha value is -2.23. The molecule has 1 aliphatic carbocycles. The number of sulfonamides is 1. The molecule has 0 radical (unpaired) electrons. The van der Waals surface area contributed by atoms with Gasteiger partial charge in [0.25, 0.3) is 5.91 Å². The lowest BCUT2D eigenvalue weighted by atomic mass is 9.95. The highest BCUT2D eigenvalue weighted by Gasteiger charge is 2.29. The van der Waals surface area contributed by atoms with E-state index in [0.29, 0.717) is 23.7 Å². The van der Waals surface area contributed by atoms with Gasteiger partial charge in [0.15, 0.2) is 0 Å². The molecule has 1 fully saturated rings. The van der Waals surface area contributed by atoms with Gasteiger partial charge in [-0.15, -0.1) is 11.3 Å². The number of nitrogens with zero attached hydrogens (tertiary/aromatic N) is 1. The van der Waals surface area contributed by atoms with Gasteiger partial charge in [-0.05, 0) is 62.3 Å². The Balaban J connectivity index is 1.61. The van der Waals surface area contributed by atoms with E-state index in [0.717, 1.165) is 55.4 Å². The molecule has 0 atom stereocenters. The Labute approximate surface area is 186 Å². The van der Waals surface area contributed by atoms with E-state index in [2.05, 4.69) is 5.32 Å². The van der Waals surface area contributed by atoms with Crippen LogP contribution in [-0.2, 0) is 27.6 Å². The molecule has 0 saturated carbocycles. The number of thiophene rings is 1. The van der Waals surface area contributed by atoms with E-state index < -0.39 is 21.9 Å². The number of ether oxygens (including phenoxy) is 1. The van der Waals surface area contributed by atoms with Crippen LogP contribution in [0.15, 0.2) is 29.2 Å². The molecule has 31 heavy (non-hydrogen) atoms. The largest absolute Gasteiger partial charge is 0.465 e. The molecule has 1 aliphatic heterocycles. The Kier molecular flexibility index (Phi) is 6.45. The molecule has 9 heteroatoms. The van der Waals surface area contributed by atoms with Crippen LogP contribution in [0.1, 0.15) is 63.3 Å². The van der Waals surface area contributed by atoms with E-state index in [1.54, 1.807) is 12.1 Å². The summed E-state index contributed by atoms with van der Waals surface area (Å²) in [5.41, 5.74) is 1.62. The van der Waals surface area contributed by atoms with Crippen molar-refractivity contribution in [2.75, 3.05) is 25.5 Å². The molecular weight excluding hydrogens is 436 g/mol. The first-order valence-corrected chi connectivity index (χ1v) is 12.8. The predicted molar refractivity (Wildman–Crippen MR) is 119 cm³/mol. The third-order valence-corrected chi connectivity index (χ3v) is 8.94. The highest BCUT2D eigenvalue weighted by molar-refractivity contribution is 7.89. The molecule has 7 nitrogen and oxygen atoms in total. The van der Waals surface area contributed by atoms with E-state index in [1.165, 1.54) is 34.9 Å². The summed E-state index contributed by atoms with van der Waals surface area (Å²) in [5.74, 6) is -0.907. The van der Waals surface area contributed by atoms with E-state index in [9.17, 15) is 18.0 Å². The number of piperidine rings is 1. The van der Waals surface area contributed by atoms with Gasteiger partial charge >= 0.3 is 5.97 Å². The van der Waals surface area contributed by atoms with Crippen LogP contribution < -0.4 is 5.32 Å². The van der Waals surface area contributed by atoms with Crippen LogP contribution in [0, 0.1) is 0 Å². The first kappa shape index (κ1) is 22.0. The number of fused-ring (bicyclic) bond motifs is 1. The minimum atomic E-state index is -3.64. The van der Waals surface area contributed by atoms with E-state index in [1.807, 2.05) is 0 Å². The van der Waals surface area contributed by atoms with Crippen molar-refractivity contribution in [3.63, 3.8) is 0 Å². The molecular formula is C22H26N2O5S2.